The Balaban J connectivity index is 2.40. The number of piperidine rings is 1. The molecule has 128 valence electrons. The van der Waals surface area contributed by atoms with E-state index in [-0.39, 0.29) is 30.4 Å². The van der Waals surface area contributed by atoms with E-state index in [0.29, 0.717) is 51.4 Å². The molecule has 6 heteroatoms. The van der Waals surface area contributed by atoms with Crippen LogP contribution in [0.2, 0.25) is 0 Å². The Morgan fingerprint density at radius 3 is 2.45 bits per heavy atom. The van der Waals surface area contributed by atoms with Crippen LogP contribution in [0.4, 0.5) is 0 Å². The molecular formula is C16H30N2O4. The molecule has 0 radical (unpaired) electrons. The first-order valence-corrected chi connectivity index (χ1v) is 8.27. The van der Waals surface area contributed by atoms with Crippen molar-refractivity contribution in [3.63, 3.8) is 0 Å². The van der Waals surface area contributed by atoms with E-state index in [1.54, 1.807) is 0 Å². The molecule has 1 saturated heterocycles. The van der Waals surface area contributed by atoms with Gasteiger partial charge in [-0.05, 0) is 25.7 Å². The first-order chi connectivity index (χ1) is 10.5. The Morgan fingerprint density at radius 2 is 1.95 bits per heavy atom. The van der Waals surface area contributed by atoms with Crippen LogP contribution in [0.3, 0.4) is 0 Å². The van der Waals surface area contributed by atoms with Gasteiger partial charge < -0.3 is 20.1 Å². The molecule has 6 nitrogen and oxygen atoms in total. The number of nitrogens with zero attached hydrogens (tertiary/aromatic N) is 1. The van der Waals surface area contributed by atoms with E-state index in [1.807, 2.05) is 11.8 Å². The first-order valence-electron chi connectivity index (χ1n) is 8.27. The highest BCUT2D eigenvalue weighted by Crippen LogP contribution is 2.20. The fourth-order valence-electron chi connectivity index (χ4n) is 2.72. The third-order valence-electron chi connectivity index (χ3n) is 4.13. The molecule has 1 heterocycles. The van der Waals surface area contributed by atoms with Gasteiger partial charge in [-0.25, -0.2) is 0 Å². The lowest BCUT2D eigenvalue weighted by molar-refractivity contribution is -0.138. The van der Waals surface area contributed by atoms with E-state index in [0.717, 1.165) is 0 Å². The van der Waals surface area contributed by atoms with Gasteiger partial charge in [-0.15, -0.1) is 0 Å². The molecule has 1 fully saturated rings. The number of amides is 2. The van der Waals surface area contributed by atoms with Crippen LogP contribution in [0, 0.1) is 11.8 Å². The zero-order chi connectivity index (χ0) is 16.5. The second kappa shape index (κ2) is 9.79. The zero-order valence-electron chi connectivity index (χ0n) is 14.0. The Kier molecular flexibility index (Phi) is 8.42. The quantitative estimate of drug-likeness (QED) is 0.694. The molecule has 0 aromatic rings. The van der Waals surface area contributed by atoms with Crippen molar-refractivity contribution in [2.45, 2.75) is 46.1 Å². The van der Waals surface area contributed by atoms with Gasteiger partial charge >= 0.3 is 0 Å². The Labute approximate surface area is 133 Å². The molecule has 1 atom stereocenters. The van der Waals surface area contributed by atoms with E-state index in [4.69, 9.17) is 9.84 Å². The van der Waals surface area contributed by atoms with Crippen LogP contribution in [-0.4, -0.2) is 60.8 Å². The van der Waals surface area contributed by atoms with Crippen molar-refractivity contribution in [3.8, 4) is 0 Å². The van der Waals surface area contributed by atoms with Crippen molar-refractivity contribution >= 4 is 11.8 Å². The highest BCUT2D eigenvalue weighted by Gasteiger charge is 2.28. The normalized spacial score (nSPS) is 17.6. The highest BCUT2D eigenvalue weighted by atomic mass is 16.5. The third kappa shape index (κ3) is 5.93. The number of hydrogen-bond donors (Lipinski definition) is 2. The number of likely N-dealkylation sites (tertiary alicyclic amines) is 1. The highest BCUT2D eigenvalue weighted by molar-refractivity contribution is 5.80. The largest absolute Gasteiger partial charge is 0.395 e. The standard InChI is InChI=1S/C16H30N2O4/c1-4-22-14(12(2)3)11-15(20)18-8-5-13(6-9-18)16(21)17-7-10-19/h12-14,19H,4-11H2,1-3H3,(H,17,21). The molecule has 0 aliphatic carbocycles. The van der Waals surface area contributed by atoms with Crippen molar-refractivity contribution in [1.29, 1.82) is 0 Å². The van der Waals surface area contributed by atoms with Crippen molar-refractivity contribution in [2.24, 2.45) is 11.8 Å². The first kappa shape index (κ1) is 18.9. The predicted octanol–water partition coefficient (Wildman–Crippen LogP) is 0.785. The van der Waals surface area contributed by atoms with Crippen molar-refractivity contribution in [3.05, 3.63) is 0 Å². The topological polar surface area (TPSA) is 78.9 Å². The van der Waals surface area contributed by atoms with Gasteiger partial charge in [0.05, 0.1) is 19.1 Å². The molecule has 0 spiro atoms. The second-order valence-corrected chi connectivity index (χ2v) is 6.11. The average Bonchev–Trinajstić information content (AvgIpc) is 2.52. The van der Waals surface area contributed by atoms with Crippen LogP contribution in [0.25, 0.3) is 0 Å². The maximum Gasteiger partial charge on any atom is 0.225 e. The minimum atomic E-state index is -0.0524. The summed E-state index contributed by atoms with van der Waals surface area (Å²) in [6.45, 7) is 8.16. The minimum Gasteiger partial charge on any atom is -0.395 e. The zero-order valence-corrected chi connectivity index (χ0v) is 14.0. The van der Waals surface area contributed by atoms with Crippen LogP contribution in [0.1, 0.15) is 40.0 Å². The number of ether oxygens (including phenoxy) is 1. The SMILES string of the molecule is CCOC(CC(=O)N1CCC(C(=O)NCCO)CC1)C(C)C. The number of carbonyl (C=O) groups excluding carboxylic acids is 2. The van der Waals surface area contributed by atoms with Gasteiger partial charge in [0.25, 0.3) is 0 Å². The van der Waals surface area contributed by atoms with Gasteiger partial charge in [0.1, 0.15) is 0 Å². The molecule has 1 aliphatic rings. The molecule has 2 amide bonds. The van der Waals surface area contributed by atoms with E-state index in [9.17, 15) is 9.59 Å². The van der Waals surface area contributed by atoms with Crippen LogP contribution in [0.15, 0.2) is 0 Å². The molecule has 1 unspecified atom stereocenters. The summed E-state index contributed by atoms with van der Waals surface area (Å²) in [5.74, 6) is 0.353. The molecule has 0 aromatic carbocycles. The van der Waals surface area contributed by atoms with Gasteiger partial charge in [-0.2, -0.15) is 0 Å². The van der Waals surface area contributed by atoms with Crippen LogP contribution < -0.4 is 5.32 Å². The lowest BCUT2D eigenvalue weighted by atomic mass is 9.95. The van der Waals surface area contributed by atoms with E-state index < -0.39 is 0 Å². The molecule has 2 N–H and O–H groups in total. The lowest BCUT2D eigenvalue weighted by Gasteiger charge is -2.32. The molecule has 1 rings (SSSR count). The molecule has 1 aliphatic heterocycles. The Morgan fingerprint density at radius 1 is 1.32 bits per heavy atom. The van der Waals surface area contributed by atoms with E-state index >= 15 is 0 Å². The fourth-order valence-corrected chi connectivity index (χ4v) is 2.72. The summed E-state index contributed by atoms with van der Waals surface area (Å²) in [6.07, 6.45) is 1.74. The minimum absolute atomic E-state index is 0.0180. The monoisotopic (exact) mass is 314 g/mol. The van der Waals surface area contributed by atoms with Crippen LogP contribution in [-0.2, 0) is 14.3 Å². The summed E-state index contributed by atoms with van der Waals surface area (Å²) in [7, 11) is 0. The molecular weight excluding hydrogens is 284 g/mol. The van der Waals surface area contributed by atoms with Gasteiger partial charge in [-0.1, -0.05) is 13.8 Å². The summed E-state index contributed by atoms with van der Waals surface area (Å²) in [4.78, 5) is 26.0. The van der Waals surface area contributed by atoms with Crippen molar-refractivity contribution < 1.29 is 19.4 Å². The maximum atomic E-state index is 12.3. The van der Waals surface area contributed by atoms with Crippen molar-refractivity contribution in [2.75, 3.05) is 32.8 Å². The lowest BCUT2D eigenvalue weighted by Crippen LogP contribution is -2.44. The average molecular weight is 314 g/mol. The van der Waals surface area contributed by atoms with Gasteiger partial charge in [-0.3, -0.25) is 9.59 Å². The number of hydrogen-bond acceptors (Lipinski definition) is 4. The summed E-state index contributed by atoms with van der Waals surface area (Å²) in [5.41, 5.74) is 0. The summed E-state index contributed by atoms with van der Waals surface area (Å²) >= 11 is 0. The Hall–Kier alpha value is -1.14. The predicted molar refractivity (Wildman–Crippen MR) is 84.3 cm³/mol. The third-order valence-corrected chi connectivity index (χ3v) is 4.13. The summed E-state index contributed by atoms with van der Waals surface area (Å²) in [5, 5.41) is 11.4. The smallest absolute Gasteiger partial charge is 0.225 e. The van der Waals surface area contributed by atoms with Gasteiger partial charge in [0, 0.05) is 32.2 Å². The number of carbonyl (C=O) groups is 2. The molecule has 0 bridgehead atoms. The number of nitrogens with one attached hydrogen (secondary N) is 1. The van der Waals surface area contributed by atoms with E-state index in [1.165, 1.54) is 0 Å². The molecule has 22 heavy (non-hydrogen) atoms. The van der Waals surface area contributed by atoms with Crippen molar-refractivity contribution in [1.82, 2.24) is 10.2 Å². The fraction of sp³-hybridized carbons (Fsp3) is 0.875. The van der Waals surface area contributed by atoms with Crippen LogP contribution in [0.5, 0.6) is 0 Å². The molecule has 0 saturated carbocycles. The summed E-state index contributed by atoms with van der Waals surface area (Å²) < 4.78 is 5.63. The van der Waals surface area contributed by atoms with E-state index in [2.05, 4.69) is 19.2 Å². The summed E-state index contributed by atoms with van der Waals surface area (Å²) in [6, 6.07) is 0. The van der Waals surface area contributed by atoms with Gasteiger partial charge in [0.15, 0.2) is 0 Å². The second-order valence-electron chi connectivity index (χ2n) is 6.11. The molecule has 0 aromatic heterocycles. The van der Waals surface area contributed by atoms with Crippen LogP contribution >= 0.6 is 0 Å². The number of rotatable bonds is 8. The number of aliphatic hydroxyl groups excluding tert-OH is 1. The Bertz CT molecular complexity index is 352. The maximum absolute atomic E-state index is 12.3. The number of aliphatic hydroxyl groups is 1. The van der Waals surface area contributed by atoms with Gasteiger partial charge in [0.2, 0.25) is 11.8 Å².